The van der Waals surface area contributed by atoms with Crippen molar-refractivity contribution in [2.24, 2.45) is 11.8 Å². The van der Waals surface area contributed by atoms with E-state index >= 15 is 0 Å². The van der Waals surface area contributed by atoms with Gasteiger partial charge >= 0.3 is 0 Å². The number of likely N-dealkylation sites (N-methyl/N-ethyl adjacent to an activating group) is 1. The molecule has 0 saturated heterocycles. The van der Waals surface area contributed by atoms with Crippen molar-refractivity contribution in [3.05, 3.63) is 24.2 Å². The molecule has 1 heterocycles. The summed E-state index contributed by atoms with van der Waals surface area (Å²) in [6.07, 6.45) is 14.7. The van der Waals surface area contributed by atoms with Gasteiger partial charge in [0.1, 0.15) is 0 Å². The lowest BCUT2D eigenvalue weighted by atomic mass is 9.76. The molecule has 1 aromatic rings. The van der Waals surface area contributed by atoms with Crippen molar-refractivity contribution in [2.75, 3.05) is 7.05 Å². The zero-order chi connectivity index (χ0) is 13.5. The average Bonchev–Trinajstić information content (AvgIpc) is 2.96. The first-order chi connectivity index (χ1) is 9.33. The number of unbranched alkanes of at least 4 members (excludes halogenated alkanes) is 1. The van der Waals surface area contributed by atoms with E-state index in [1.54, 1.807) is 6.26 Å². The molecule has 0 aromatic carbocycles. The molecule has 0 aliphatic heterocycles. The monoisotopic (exact) mass is 263 g/mol. The zero-order valence-corrected chi connectivity index (χ0v) is 12.5. The van der Waals surface area contributed by atoms with Gasteiger partial charge in [0.25, 0.3) is 0 Å². The highest BCUT2D eigenvalue weighted by molar-refractivity contribution is 5.08. The summed E-state index contributed by atoms with van der Waals surface area (Å²) in [7, 11) is 2.11. The first kappa shape index (κ1) is 14.6. The maximum Gasteiger partial charge on any atom is 0.0935 e. The van der Waals surface area contributed by atoms with E-state index < -0.39 is 0 Å². The Kier molecular flexibility index (Phi) is 5.96. The Morgan fingerprint density at radius 1 is 1.32 bits per heavy atom. The Morgan fingerprint density at radius 2 is 2.11 bits per heavy atom. The van der Waals surface area contributed by atoms with Crippen LogP contribution in [0.1, 0.15) is 57.4 Å². The van der Waals surface area contributed by atoms with Gasteiger partial charge in [0.15, 0.2) is 0 Å². The topological polar surface area (TPSA) is 25.2 Å². The van der Waals surface area contributed by atoms with Crippen molar-refractivity contribution in [1.29, 1.82) is 0 Å². The van der Waals surface area contributed by atoms with Crippen molar-refractivity contribution in [2.45, 2.75) is 64.3 Å². The lowest BCUT2D eigenvalue weighted by molar-refractivity contribution is 0.216. The lowest BCUT2D eigenvalue weighted by Gasteiger charge is -2.33. The molecule has 1 aliphatic carbocycles. The molecule has 1 saturated carbocycles. The Bertz CT molecular complexity index is 325. The molecule has 1 fully saturated rings. The van der Waals surface area contributed by atoms with Gasteiger partial charge in [-0.05, 0) is 49.8 Å². The van der Waals surface area contributed by atoms with E-state index in [1.165, 1.54) is 50.5 Å². The van der Waals surface area contributed by atoms with Gasteiger partial charge in [-0.15, -0.1) is 0 Å². The quantitative estimate of drug-likeness (QED) is 0.788. The lowest BCUT2D eigenvalue weighted by Crippen LogP contribution is -2.37. The summed E-state index contributed by atoms with van der Waals surface area (Å²) in [4.78, 5) is 0. The fraction of sp³-hybridized carbons (Fsp3) is 0.765. The van der Waals surface area contributed by atoms with Gasteiger partial charge in [-0.3, -0.25) is 0 Å². The second-order valence-corrected chi connectivity index (χ2v) is 6.15. The molecule has 1 aliphatic rings. The maximum absolute atomic E-state index is 5.18. The summed E-state index contributed by atoms with van der Waals surface area (Å²) in [5, 5.41) is 3.53. The van der Waals surface area contributed by atoms with Gasteiger partial charge in [0, 0.05) is 6.04 Å². The molecular formula is C17H29NO. The second-order valence-electron chi connectivity index (χ2n) is 6.15. The number of furan rings is 1. The van der Waals surface area contributed by atoms with Crippen molar-refractivity contribution >= 4 is 0 Å². The van der Waals surface area contributed by atoms with Crippen LogP contribution in [0.25, 0.3) is 0 Å². The average molecular weight is 263 g/mol. The van der Waals surface area contributed by atoms with Crippen LogP contribution in [-0.4, -0.2) is 13.1 Å². The van der Waals surface area contributed by atoms with Crippen LogP contribution in [0.15, 0.2) is 23.0 Å². The van der Waals surface area contributed by atoms with E-state index in [0.717, 1.165) is 18.3 Å². The highest BCUT2D eigenvalue weighted by Gasteiger charge is 2.26. The number of nitrogens with one attached hydrogen (secondary N) is 1. The van der Waals surface area contributed by atoms with Crippen LogP contribution in [0, 0.1) is 11.8 Å². The maximum atomic E-state index is 5.18. The number of hydrogen-bond donors (Lipinski definition) is 1. The van der Waals surface area contributed by atoms with E-state index in [2.05, 4.69) is 25.4 Å². The predicted octanol–water partition coefficient (Wildman–Crippen LogP) is 4.41. The molecule has 1 atom stereocenters. The number of hydrogen-bond acceptors (Lipinski definition) is 2. The summed E-state index contributed by atoms with van der Waals surface area (Å²) in [6.45, 7) is 2.30. The third-order valence-corrected chi connectivity index (χ3v) is 4.83. The van der Waals surface area contributed by atoms with Crippen molar-refractivity contribution < 1.29 is 4.42 Å². The molecule has 0 amide bonds. The van der Waals surface area contributed by atoms with Gasteiger partial charge in [-0.2, -0.15) is 0 Å². The largest absolute Gasteiger partial charge is 0.472 e. The molecule has 2 heteroatoms. The van der Waals surface area contributed by atoms with Crippen LogP contribution in [-0.2, 0) is 6.42 Å². The highest BCUT2D eigenvalue weighted by atomic mass is 16.3. The molecule has 108 valence electrons. The minimum atomic E-state index is 0.615. The van der Waals surface area contributed by atoms with E-state index in [0.29, 0.717) is 6.04 Å². The van der Waals surface area contributed by atoms with Gasteiger partial charge in [0.05, 0.1) is 12.5 Å². The minimum Gasteiger partial charge on any atom is -0.472 e. The summed E-state index contributed by atoms with van der Waals surface area (Å²) in [6, 6.07) is 2.71. The van der Waals surface area contributed by atoms with Crippen molar-refractivity contribution in [1.82, 2.24) is 5.32 Å². The van der Waals surface area contributed by atoms with Crippen LogP contribution >= 0.6 is 0 Å². The standard InChI is InChI=1S/C17H29NO/c1-3-4-5-14-6-8-16(9-7-14)17(18-2)12-15-10-11-19-13-15/h10-11,13-14,16-18H,3-9,12H2,1-2H3. The van der Waals surface area contributed by atoms with Gasteiger partial charge in [-0.25, -0.2) is 0 Å². The molecule has 19 heavy (non-hydrogen) atoms. The van der Waals surface area contributed by atoms with Crippen molar-refractivity contribution in [3.63, 3.8) is 0 Å². The molecule has 1 aromatic heterocycles. The fourth-order valence-corrected chi connectivity index (χ4v) is 3.54. The Balaban J connectivity index is 1.78. The Hall–Kier alpha value is -0.760. The molecule has 2 rings (SSSR count). The molecule has 0 radical (unpaired) electrons. The molecule has 0 bridgehead atoms. The molecule has 0 spiro atoms. The Morgan fingerprint density at radius 3 is 2.68 bits per heavy atom. The third kappa shape index (κ3) is 4.38. The van der Waals surface area contributed by atoms with Gasteiger partial charge in [0.2, 0.25) is 0 Å². The van der Waals surface area contributed by atoms with Crippen molar-refractivity contribution in [3.8, 4) is 0 Å². The van der Waals surface area contributed by atoms with E-state index in [4.69, 9.17) is 4.42 Å². The molecule has 2 nitrogen and oxygen atoms in total. The van der Waals surface area contributed by atoms with E-state index in [-0.39, 0.29) is 0 Å². The fourth-order valence-electron chi connectivity index (χ4n) is 3.54. The van der Waals surface area contributed by atoms with Crippen LogP contribution in [0.4, 0.5) is 0 Å². The summed E-state index contributed by atoms with van der Waals surface area (Å²) < 4.78 is 5.18. The highest BCUT2D eigenvalue weighted by Crippen LogP contribution is 2.34. The summed E-state index contributed by atoms with van der Waals surface area (Å²) >= 11 is 0. The zero-order valence-electron chi connectivity index (χ0n) is 12.5. The van der Waals surface area contributed by atoms with Crippen LogP contribution in [0.5, 0.6) is 0 Å². The first-order valence-electron chi connectivity index (χ1n) is 8.01. The van der Waals surface area contributed by atoms with Crippen LogP contribution < -0.4 is 5.32 Å². The minimum absolute atomic E-state index is 0.615. The third-order valence-electron chi connectivity index (χ3n) is 4.83. The Labute approximate surface area is 118 Å². The smallest absolute Gasteiger partial charge is 0.0935 e. The summed E-state index contributed by atoms with van der Waals surface area (Å²) in [5.74, 6) is 1.85. The summed E-state index contributed by atoms with van der Waals surface area (Å²) in [5.41, 5.74) is 1.33. The second kappa shape index (κ2) is 7.74. The van der Waals surface area contributed by atoms with Gasteiger partial charge < -0.3 is 9.73 Å². The first-order valence-corrected chi connectivity index (χ1v) is 8.01. The molecular weight excluding hydrogens is 234 g/mol. The van der Waals surface area contributed by atoms with Crippen LogP contribution in [0.3, 0.4) is 0 Å². The van der Waals surface area contributed by atoms with E-state index in [1.807, 2.05) is 6.26 Å². The van der Waals surface area contributed by atoms with Gasteiger partial charge in [-0.1, -0.05) is 39.0 Å². The number of rotatable bonds is 7. The normalized spacial score (nSPS) is 25.4. The molecule has 1 N–H and O–H groups in total. The van der Waals surface area contributed by atoms with E-state index in [9.17, 15) is 0 Å². The SMILES string of the molecule is CCCCC1CCC(C(Cc2ccoc2)NC)CC1. The predicted molar refractivity (Wildman–Crippen MR) is 80.2 cm³/mol. The van der Waals surface area contributed by atoms with Crippen LogP contribution in [0.2, 0.25) is 0 Å². The molecule has 1 unspecified atom stereocenters.